The third-order valence-corrected chi connectivity index (χ3v) is 2.19. The van der Waals surface area contributed by atoms with Gasteiger partial charge in [-0.3, -0.25) is 4.79 Å². The fourth-order valence-electron chi connectivity index (χ4n) is 1.42. The number of aliphatic hydroxyl groups excluding tert-OH is 1. The van der Waals surface area contributed by atoms with Crippen molar-refractivity contribution in [3.8, 4) is 0 Å². The van der Waals surface area contributed by atoms with Crippen molar-refractivity contribution < 1.29 is 19.8 Å². The summed E-state index contributed by atoms with van der Waals surface area (Å²) < 4.78 is 1.17. The molecule has 0 fully saturated rings. The van der Waals surface area contributed by atoms with E-state index in [-0.39, 0.29) is 25.7 Å². The van der Waals surface area contributed by atoms with Crippen molar-refractivity contribution in [1.82, 2.24) is 25.2 Å². The lowest BCUT2D eigenvalue weighted by molar-refractivity contribution is -0.137. The maximum atomic E-state index is 11.6. The summed E-state index contributed by atoms with van der Waals surface area (Å²) in [4.78, 5) is 23.4. The second kappa shape index (κ2) is 6.69. The van der Waals surface area contributed by atoms with Gasteiger partial charge in [0.05, 0.1) is 18.8 Å². The molecule has 9 heteroatoms. The van der Waals surface area contributed by atoms with Gasteiger partial charge in [0, 0.05) is 13.6 Å². The van der Waals surface area contributed by atoms with E-state index in [1.165, 1.54) is 15.8 Å². The predicted octanol–water partition coefficient (Wildman–Crippen LogP) is -1.12. The van der Waals surface area contributed by atoms with E-state index >= 15 is 0 Å². The standard InChI is InChI=1S/C10H17N5O4/c1-7(16)4-14(2)10(19)11-3-8-5-15(13-12-8)6-9(17)18/h5,7,16H,3-4,6H2,1-2H3,(H,11,19)(H,17,18). The van der Waals surface area contributed by atoms with Crippen LogP contribution in [0.5, 0.6) is 0 Å². The Bertz CT molecular complexity index is 445. The monoisotopic (exact) mass is 271 g/mol. The topological polar surface area (TPSA) is 121 Å². The normalized spacial score (nSPS) is 11.9. The van der Waals surface area contributed by atoms with Gasteiger partial charge < -0.3 is 20.4 Å². The van der Waals surface area contributed by atoms with Crippen molar-refractivity contribution in [3.63, 3.8) is 0 Å². The van der Waals surface area contributed by atoms with E-state index in [0.29, 0.717) is 5.69 Å². The van der Waals surface area contributed by atoms with E-state index in [0.717, 1.165) is 0 Å². The van der Waals surface area contributed by atoms with Crippen molar-refractivity contribution >= 4 is 12.0 Å². The van der Waals surface area contributed by atoms with E-state index in [4.69, 9.17) is 10.2 Å². The smallest absolute Gasteiger partial charge is 0.325 e. The van der Waals surface area contributed by atoms with Gasteiger partial charge in [0.2, 0.25) is 0 Å². The van der Waals surface area contributed by atoms with Gasteiger partial charge in [-0.1, -0.05) is 5.21 Å². The molecular weight excluding hydrogens is 254 g/mol. The third kappa shape index (κ3) is 5.34. The van der Waals surface area contributed by atoms with Crippen LogP contribution in [-0.2, 0) is 17.9 Å². The van der Waals surface area contributed by atoms with E-state index < -0.39 is 12.1 Å². The van der Waals surface area contributed by atoms with Gasteiger partial charge in [-0.25, -0.2) is 9.48 Å². The molecule has 0 aliphatic carbocycles. The summed E-state index contributed by atoms with van der Waals surface area (Å²) in [7, 11) is 1.56. The second-order valence-corrected chi connectivity index (χ2v) is 4.19. The van der Waals surface area contributed by atoms with Gasteiger partial charge >= 0.3 is 12.0 Å². The molecule has 1 unspecified atom stereocenters. The van der Waals surface area contributed by atoms with Crippen LogP contribution in [0.1, 0.15) is 12.6 Å². The number of urea groups is 1. The highest BCUT2D eigenvalue weighted by atomic mass is 16.4. The van der Waals surface area contributed by atoms with E-state index in [2.05, 4.69) is 15.6 Å². The number of hydrogen-bond acceptors (Lipinski definition) is 5. The van der Waals surface area contributed by atoms with Crippen LogP contribution in [-0.4, -0.2) is 61.8 Å². The second-order valence-electron chi connectivity index (χ2n) is 4.19. The maximum absolute atomic E-state index is 11.6. The summed E-state index contributed by atoms with van der Waals surface area (Å²) in [6, 6.07) is -0.353. The molecule has 0 saturated carbocycles. The first kappa shape index (κ1) is 14.9. The maximum Gasteiger partial charge on any atom is 0.325 e. The van der Waals surface area contributed by atoms with Crippen LogP contribution >= 0.6 is 0 Å². The van der Waals surface area contributed by atoms with Gasteiger partial charge in [-0.05, 0) is 6.92 Å². The molecule has 0 aromatic carbocycles. The number of carbonyl (C=O) groups excluding carboxylic acids is 1. The highest BCUT2D eigenvalue weighted by Crippen LogP contribution is 1.95. The van der Waals surface area contributed by atoms with Crippen molar-refractivity contribution in [2.24, 2.45) is 0 Å². The van der Waals surface area contributed by atoms with Crippen LogP contribution < -0.4 is 5.32 Å². The Morgan fingerprint density at radius 2 is 2.26 bits per heavy atom. The number of rotatable bonds is 6. The molecule has 106 valence electrons. The molecule has 0 aliphatic heterocycles. The van der Waals surface area contributed by atoms with E-state index in [9.17, 15) is 9.59 Å². The summed E-state index contributed by atoms with van der Waals surface area (Å²) in [5.41, 5.74) is 0.458. The SMILES string of the molecule is CC(O)CN(C)C(=O)NCc1cn(CC(=O)O)nn1. The molecule has 1 atom stereocenters. The van der Waals surface area contributed by atoms with Crippen molar-refractivity contribution in [1.29, 1.82) is 0 Å². The number of likely N-dealkylation sites (N-methyl/N-ethyl adjacent to an activating group) is 1. The van der Waals surface area contributed by atoms with Crippen LogP contribution in [0.15, 0.2) is 6.20 Å². The number of amides is 2. The number of nitrogens with one attached hydrogen (secondary N) is 1. The minimum atomic E-state index is -1.02. The molecule has 1 rings (SSSR count). The summed E-state index contributed by atoms with van der Waals surface area (Å²) in [6.45, 7) is 1.67. The molecule has 19 heavy (non-hydrogen) atoms. The summed E-state index contributed by atoms with van der Waals surface area (Å²) in [5.74, 6) is -1.02. The quantitative estimate of drug-likeness (QED) is 0.603. The Morgan fingerprint density at radius 3 is 2.84 bits per heavy atom. The number of aliphatic carboxylic acids is 1. The lowest BCUT2D eigenvalue weighted by Gasteiger charge is -2.18. The molecule has 2 amide bonds. The van der Waals surface area contributed by atoms with Gasteiger partial charge in [-0.2, -0.15) is 0 Å². The minimum absolute atomic E-state index is 0.141. The average Bonchev–Trinajstić information content (AvgIpc) is 2.71. The first-order chi connectivity index (χ1) is 8.88. The molecule has 3 N–H and O–H groups in total. The third-order valence-electron chi connectivity index (χ3n) is 2.19. The zero-order valence-corrected chi connectivity index (χ0v) is 10.8. The Hall–Kier alpha value is -2.16. The van der Waals surface area contributed by atoms with Crippen molar-refractivity contribution in [3.05, 3.63) is 11.9 Å². The predicted molar refractivity (Wildman–Crippen MR) is 64.2 cm³/mol. The van der Waals surface area contributed by atoms with E-state index in [1.807, 2.05) is 0 Å². The average molecular weight is 271 g/mol. The Labute approximate surface area is 109 Å². The largest absolute Gasteiger partial charge is 0.480 e. The number of carbonyl (C=O) groups is 2. The fraction of sp³-hybridized carbons (Fsp3) is 0.600. The van der Waals surface area contributed by atoms with Gasteiger partial charge in [0.15, 0.2) is 0 Å². The van der Waals surface area contributed by atoms with Crippen LogP contribution in [0.25, 0.3) is 0 Å². The lowest BCUT2D eigenvalue weighted by atomic mass is 10.4. The zero-order chi connectivity index (χ0) is 14.4. The van der Waals surface area contributed by atoms with E-state index in [1.54, 1.807) is 14.0 Å². The summed E-state index contributed by atoms with van der Waals surface area (Å²) >= 11 is 0. The summed E-state index contributed by atoms with van der Waals surface area (Å²) in [6.07, 6.45) is 0.843. The number of carboxylic acid groups (broad SMARTS) is 1. The fourth-order valence-corrected chi connectivity index (χ4v) is 1.42. The van der Waals surface area contributed by atoms with Gasteiger partial charge in [-0.15, -0.1) is 5.10 Å². The van der Waals surface area contributed by atoms with Crippen molar-refractivity contribution in [2.75, 3.05) is 13.6 Å². The Balaban J connectivity index is 2.41. The number of aromatic nitrogens is 3. The van der Waals surface area contributed by atoms with Crippen LogP contribution in [0, 0.1) is 0 Å². The Morgan fingerprint density at radius 1 is 1.58 bits per heavy atom. The molecule has 1 aromatic heterocycles. The summed E-state index contributed by atoms with van der Waals surface area (Å²) in [5, 5.41) is 27.6. The Kier molecular flexibility index (Phi) is 5.24. The lowest BCUT2D eigenvalue weighted by Crippen LogP contribution is -2.40. The van der Waals surface area contributed by atoms with Gasteiger partial charge in [0.25, 0.3) is 0 Å². The number of hydrogen-bond donors (Lipinski definition) is 3. The van der Waals surface area contributed by atoms with Crippen LogP contribution in [0.3, 0.4) is 0 Å². The van der Waals surface area contributed by atoms with Crippen molar-refractivity contribution in [2.45, 2.75) is 26.1 Å². The molecule has 0 bridgehead atoms. The molecule has 0 saturated heterocycles. The number of nitrogens with zero attached hydrogens (tertiary/aromatic N) is 4. The van der Waals surface area contributed by atoms with Crippen LogP contribution in [0.2, 0.25) is 0 Å². The molecule has 0 spiro atoms. The first-order valence-electron chi connectivity index (χ1n) is 5.66. The highest BCUT2D eigenvalue weighted by molar-refractivity contribution is 5.73. The zero-order valence-electron chi connectivity index (χ0n) is 10.8. The molecule has 0 radical (unpaired) electrons. The first-order valence-corrected chi connectivity index (χ1v) is 5.66. The molecule has 1 heterocycles. The molecule has 1 aromatic rings. The molecule has 9 nitrogen and oxygen atoms in total. The minimum Gasteiger partial charge on any atom is -0.480 e. The molecular formula is C10H17N5O4. The number of carboxylic acids is 1. The highest BCUT2D eigenvalue weighted by Gasteiger charge is 2.11. The molecule has 0 aliphatic rings. The number of aliphatic hydroxyl groups is 1. The van der Waals surface area contributed by atoms with Gasteiger partial charge in [0.1, 0.15) is 12.2 Å². The van der Waals surface area contributed by atoms with Crippen LogP contribution in [0.4, 0.5) is 4.79 Å².